The Morgan fingerprint density at radius 3 is 2.83 bits per heavy atom. The molecule has 1 heterocycles. The van der Waals surface area contributed by atoms with Crippen LogP contribution in [0.4, 0.5) is 4.39 Å². The molecule has 100 valence electrons. The number of ether oxygens (including phenoxy) is 1. The van der Waals surface area contributed by atoms with Crippen LogP contribution in [-0.4, -0.2) is 25.3 Å². The molecular formula is C13H16Cl2FNO. The van der Waals surface area contributed by atoms with Gasteiger partial charge >= 0.3 is 0 Å². The van der Waals surface area contributed by atoms with E-state index in [4.69, 9.17) is 27.9 Å². The zero-order chi connectivity index (χ0) is 13.1. The molecule has 0 amide bonds. The molecule has 0 aromatic heterocycles. The largest absolute Gasteiger partial charge is 0.378 e. The molecule has 1 aromatic rings. The van der Waals surface area contributed by atoms with Gasteiger partial charge < -0.3 is 10.1 Å². The lowest BCUT2D eigenvalue weighted by atomic mass is 10.0. The first-order chi connectivity index (χ1) is 8.56. The van der Waals surface area contributed by atoms with Crippen LogP contribution < -0.4 is 5.32 Å². The first-order valence-corrected chi connectivity index (χ1v) is 6.79. The number of benzene rings is 1. The Bertz CT molecular complexity index is 428. The van der Waals surface area contributed by atoms with Crippen molar-refractivity contribution < 1.29 is 9.13 Å². The number of morpholine rings is 1. The zero-order valence-electron chi connectivity index (χ0n) is 10.2. The summed E-state index contributed by atoms with van der Waals surface area (Å²) >= 11 is 11.7. The van der Waals surface area contributed by atoms with Gasteiger partial charge in [0, 0.05) is 17.1 Å². The normalized spacial score (nSPS) is 24.2. The third kappa shape index (κ3) is 3.58. The van der Waals surface area contributed by atoms with E-state index in [-0.39, 0.29) is 5.02 Å². The van der Waals surface area contributed by atoms with Gasteiger partial charge in [0.25, 0.3) is 0 Å². The van der Waals surface area contributed by atoms with Crippen molar-refractivity contribution in [3.8, 4) is 0 Å². The summed E-state index contributed by atoms with van der Waals surface area (Å²) in [6, 6.07) is 3.53. The first kappa shape index (κ1) is 14.1. The Morgan fingerprint density at radius 2 is 2.11 bits per heavy atom. The number of nitrogens with one attached hydrogen (secondary N) is 1. The topological polar surface area (TPSA) is 21.3 Å². The van der Waals surface area contributed by atoms with Gasteiger partial charge in [-0.05, 0) is 37.5 Å². The number of rotatable bonds is 3. The van der Waals surface area contributed by atoms with Crippen molar-refractivity contribution in [3.05, 3.63) is 33.6 Å². The number of aryl methyl sites for hydroxylation is 1. The molecule has 1 aliphatic rings. The van der Waals surface area contributed by atoms with Crippen LogP contribution >= 0.6 is 23.2 Å². The molecule has 1 saturated heterocycles. The number of hydrogen-bond donors (Lipinski definition) is 1. The smallest absolute Gasteiger partial charge is 0.142 e. The summed E-state index contributed by atoms with van der Waals surface area (Å²) in [7, 11) is 0. The van der Waals surface area contributed by atoms with Gasteiger partial charge in [-0.1, -0.05) is 23.2 Å². The fraction of sp³-hybridized carbons (Fsp3) is 0.538. The fourth-order valence-corrected chi connectivity index (χ4v) is 2.62. The highest BCUT2D eigenvalue weighted by atomic mass is 35.5. The summed E-state index contributed by atoms with van der Waals surface area (Å²) < 4.78 is 18.8. The van der Waals surface area contributed by atoms with E-state index < -0.39 is 5.82 Å². The summed E-state index contributed by atoms with van der Waals surface area (Å²) in [6.45, 7) is 3.52. The molecular weight excluding hydrogens is 276 g/mol. The van der Waals surface area contributed by atoms with Gasteiger partial charge in [-0.25, -0.2) is 4.39 Å². The monoisotopic (exact) mass is 291 g/mol. The van der Waals surface area contributed by atoms with E-state index in [2.05, 4.69) is 12.2 Å². The lowest BCUT2D eigenvalue weighted by Crippen LogP contribution is -2.47. The van der Waals surface area contributed by atoms with Crippen LogP contribution in [0.1, 0.15) is 18.9 Å². The Labute approximate surface area is 116 Å². The van der Waals surface area contributed by atoms with Crippen molar-refractivity contribution in [1.29, 1.82) is 0 Å². The molecule has 2 unspecified atom stereocenters. The van der Waals surface area contributed by atoms with Crippen molar-refractivity contribution in [1.82, 2.24) is 5.32 Å². The molecule has 2 atom stereocenters. The van der Waals surface area contributed by atoms with Gasteiger partial charge in [0.2, 0.25) is 0 Å². The Balaban J connectivity index is 1.95. The van der Waals surface area contributed by atoms with Gasteiger partial charge in [-0.3, -0.25) is 0 Å². The second-order valence-electron chi connectivity index (χ2n) is 4.70. The third-order valence-corrected chi connectivity index (χ3v) is 3.70. The SMILES string of the molecule is CC1COCC(CCc2cc(F)c(Cl)cc2Cl)N1. The second-order valence-corrected chi connectivity index (χ2v) is 5.51. The molecule has 5 heteroatoms. The van der Waals surface area contributed by atoms with Crippen molar-refractivity contribution in [2.75, 3.05) is 13.2 Å². The quantitative estimate of drug-likeness (QED) is 0.862. The maximum absolute atomic E-state index is 13.4. The van der Waals surface area contributed by atoms with Crippen LogP contribution in [0, 0.1) is 5.82 Å². The summed E-state index contributed by atoms with van der Waals surface area (Å²) in [6.07, 6.45) is 1.58. The average Bonchev–Trinajstić information content (AvgIpc) is 2.32. The van der Waals surface area contributed by atoms with E-state index >= 15 is 0 Å². The standard InChI is InChI=1S/C13H16Cl2FNO/c1-8-6-18-7-10(17-8)3-2-9-4-13(16)12(15)5-11(9)14/h4-5,8,10,17H,2-3,6-7H2,1H3. The van der Waals surface area contributed by atoms with E-state index in [1.165, 1.54) is 12.1 Å². The van der Waals surface area contributed by atoms with Gasteiger partial charge in [0.1, 0.15) is 5.82 Å². The Hall–Kier alpha value is -0.350. The minimum absolute atomic E-state index is 0.0662. The molecule has 2 nitrogen and oxygen atoms in total. The highest BCUT2D eigenvalue weighted by Crippen LogP contribution is 2.25. The van der Waals surface area contributed by atoms with Crippen LogP contribution in [0.2, 0.25) is 10.0 Å². The number of hydrogen-bond acceptors (Lipinski definition) is 2. The fourth-order valence-electron chi connectivity index (χ4n) is 2.14. The molecule has 0 bridgehead atoms. The van der Waals surface area contributed by atoms with E-state index in [9.17, 15) is 4.39 Å². The minimum Gasteiger partial charge on any atom is -0.378 e. The molecule has 0 radical (unpaired) electrons. The van der Waals surface area contributed by atoms with Crippen molar-refractivity contribution in [2.24, 2.45) is 0 Å². The second kappa shape index (κ2) is 6.20. The zero-order valence-corrected chi connectivity index (χ0v) is 11.7. The van der Waals surface area contributed by atoms with E-state index in [1.807, 2.05) is 0 Å². The highest BCUT2D eigenvalue weighted by Gasteiger charge is 2.18. The summed E-state index contributed by atoms with van der Waals surface area (Å²) in [5.74, 6) is -0.419. The van der Waals surface area contributed by atoms with E-state index in [0.29, 0.717) is 30.1 Å². The lowest BCUT2D eigenvalue weighted by Gasteiger charge is -2.29. The first-order valence-electron chi connectivity index (χ1n) is 6.03. The maximum Gasteiger partial charge on any atom is 0.142 e. The summed E-state index contributed by atoms with van der Waals surface area (Å²) in [4.78, 5) is 0. The summed E-state index contributed by atoms with van der Waals surface area (Å²) in [5.41, 5.74) is 0.790. The van der Waals surface area contributed by atoms with Crippen molar-refractivity contribution in [3.63, 3.8) is 0 Å². The highest BCUT2D eigenvalue weighted by molar-refractivity contribution is 6.35. The third-order valence-electron chi connectivity index (χ3n) is 3.06. The van der Waals surface area contributed by atoms with Crippen LogP contribution in [0.3, 0.4) is 0 Å². The molecule has 18 heavy (non-hydrogen) atoms. The van der Waals surface area contributed by atoms with Gasteiger partial charge in [-0.2, -0.15) is 0 Å². The summed E-state index contributed by atoms with van der Waals surface area (Å²) in [5, 5.41) is 4.03. The molecule has 1 N–H and O–H groups in total. The Kier molecular flexibility index (Phi) is 4.84. The van der Waals surface area contributed by atoms with E-state index in [0.717, 1.165) is 18.6 Å². The molecule has 0 aliphatic carbocycles. The molecule has 1 aliphatic heterocycles. The predicted octanol–water partition coefficient (Wildman–Crippen LogP) is 3.44. The Morgan fingerprint density at radius 1 is 1.33 bits per heavy atom. The lowest BCUT2D eigenvalue weighted by molar-refractivity contribution is 0.0483. The van der Waals surface area contributed by atoms with Crippen LogP contribution in [0.5, 0.6) is 0 Å². The minimum atomic E-state index is -0.419. The maximum atomic E-state index is 13.4. The van der Waals surface area contributed by atoms with Crippen molar-refractivity contribution >= 4 is 23.2 Å². The van der Waals surface area contributed by atoms with Gasteiger partial charge in [-0.15, -0.1) is 0 Å². The van der Waals surface area contributed by atoms with Crippen molar-refractivity contribution in [2.45, 2.75) is 31.8 Å². The molecule has 0 spiro atoms. The number of halogens is 3. The van der Waals surface area contributed by atoms with Crippen LogP contribution in [0.25, 0.3) is 0 Å². The van der Waals surface area contributed by atoms with Gasteiger partial charge in [0.15, 0.2) is 0 Å². The van der Waals surface area contributed by atoms with Gasteiger partial charge in [0.05, 0.1) is 18.2 Å². The molecule has 1 aromatic carbocycles. The molecule has 0 saturated carbocycles. The van der Waals surface area contributed by atoms with Crippen LogP contribution in [0.15, 0.2) is 12.1 Å². The van der Waals surface area contributed by atoms with Crippen LogP contribution in [-0.2, 0) is 11.2 Å². The molecule has 2 rings (SSSR count). The molecule has 1 fully saturated rings. The predicted molar refractivity (Wildman–Crippen MR) is 71.9 cm³/mol. The average molecular weight is 292 g/mol. The van der Waals surface area contributed by atoms with E-state index in [1.54, 1.807) is 0 Å².